The highest BCUT2D eigenvalue weighted by Gasteiger charge is 2.42. The number of nitrogens with zero attached hydrogens (tertiary/aromatic N) is 3. The predicted octanol–water partition coefficient (Wildman–Crippen LogP) is 1.03. The number of aliphatic imine (C=N–C) groups is 1. The van der Waals surface area contributed by atoms with E-state index >= 15 is 0 Å². The Morgan fingerprint density at radius 1 is 1.11 bits per heavy atom. The van der Waals surface area contributed by atoms with Crippen molar-refractivity contribution >= 4 is 29.9 Å². The van der Waals surface area contributed by atoms with E-state index in [1.807, 2.05) is 7.05 Å². The molecule has 4 aliphatic rings. The third-order valence-corrected chi connectivity index (χ3v) is 6.63. The fraction of sp³-hybridized carbons (Fsp3) is 0.947. The summed E-state index contributed by atoms with van der Waals surface area (Å²) in [6, 6.07) is 0.490. The first-order valence-electron chi connectivity index (χ1n) is 10.2. The SMILES string of the molecule is CN=C(NCC(C1CCOC1)N1CCOCC1)N1CCC2(CCOC2)C1.I. The molecule has 0 aromatic heterocycles. The highest BCUT2D eigenvalue weighted by Crippen LogP contribution is 2.38. The lowest BCUT2D eigenvalue weighted by molar-refractivity contribution is 0.00235. The minimum Gasteiger partial charge on any atom is -0.381 e. The molecule has 0 bridgehead atoms. The standard InChI is InChI=1S/C19H34N4O3.HI/c1-20-18(23-5-3-19(14-23)4-9-26-15-19)21-12-17(16-2-8-25-13-16)22-6-10-24-11-7-22;/h16-17H,2-15H2,1H3,(H,20,21);1H. The molecular formula is C19H35IN4O3. The van der Waals surface area contributed by atoms with E-state index in [1.165, 1.54) is 12.8 Å². The average Bonchev–Trinajstić information content (AvgIpc) is 3.44. The number of likely N-dealkylation sites (tertiary alicyclic amines) is 1. The maximum atomic E-state index is 5.68. The Morgan fingerprint density at radius 3 is 2.63 bits per heavy atom. The smallest absolute Gasteiger partial charge is 0.193 e. The largest absolute Gasteiger partial charge is 0.381 e. The summed E-state index contributed by atoms with van der Waals surface area (Å²) in [5.74, 6) is 1.65. The Morgan fingerprint density at radius 2 is 1.96 bits per heavy atom. The molecule has 156 valence electrons. The lowest BCUT2D eigenvalue weighted by atomic mass is 9.87. The number of nitrogens with one attached hydrogen (secondary N) is 1. The van der Waals surface area contributed by atoms with Gasteiger partial charge in [-0.1, -0.05) is 0 Å². The molecule has 0 aromatic carbocycles. The maximum Gasteiger partial charge on any atom is 0.193 e. The summed E-state index contributed by atoms with van der Waals surface area (Å²) in [6.45, 7) is 10.4. The van der Waals surface area contributed by atoms with E-state index in [2.05, 4.69) is 20.1 Å². The molecule has 4 rings (SSSR count). The summed E-state index contributed by atoms with van der Waals surface area (Å²) < 4.78 is 16.9. The van der Waals surface area contributed by atoms with Crippen molar-refractivity contribution in [2.75, 3.05) is 79.4 Å². The number of hydrogen-bond donors (Lipinski definition) is 1. The molecule has 0 amide bonds. The number of morpholine rings is 1. The molecule has 7 nitrogen and oxygen atoms in total. The number of ether oxygens (including phenoxy) is 3. The second-order valence-electron chi connectivity index (χ2n) is 8.24. The Balaban J connectivity index is 0.00000210. The molecule has 0 radical (unpaired) electrons. The van der Waals surface area contributed by atoms with Gasteiger partial charge < -0.3 is 24.4 Å². The summed E-state index contributed by atoms with van der Waals surface area (Å²) in [6.07, 6.45) is 3.57. The van der Waals surface area contributed by atoms with E-state index in [0.717, 1.165) is 84.7 Å². The molecular weight excluding hydrogens is 459 g/mol. The lowest BCUT2D eigenvalue weighted by Crippen LogP contribution is -2.54. The average molecular weight is 494 g/mol. The fourth-order valence-electron chi connectivity index (χ4n) is 4.97. The van der Waals surface area contributed by atoms with E-state index in [9.17, 15) is 0 Å². The van der Waals surface area contributed by atoms with Crippen molar-refractivity contribution in [3.8, 4) is 0 Å². The van der Waals surface area contributed by atoms with Gasteiger partial charge in [0.15, 0.2) is 5.96 Å². The molecule has 4 heterocycles. The van der Waals surface area contributed by atoms with Crippen LogP contribution in [0.4, 0.5) is 0 Å². The first-order valence-corrected chi connectivity index (χ1v) is 10.2. The van der Waals surface area contributed by atoms with Gasteiger partial charge in [-0.05, 0) is 19.3 Å². The van der Waals surface area contributed by atoms with E-state index in [1.54, 1.807) is 0 Å². The van der Waals surface area contributed by atoms with Crippen LogP contribution in [-0.4, -0.2) is 101 Å². The first kappa shape index (κ1) is 21.5. The minimum atomic E-state index is 0. The van der Waals surface area contributed by atoms with Crippen molar-refractivity contribution in [2.24, 2.45) is 16.3 Å². The molecule has 0 aromatic rings. The zero-order chi connectivity index (χ0) is 17.8. The van der Waals surface area contributed by atoms with Gasteiger partial charge in [0.2, 0.25) is 0 Å². The van der Waals surface area contributed by atoms with Crippen LogP contribution < -0.4 is 5.32 Å². The van der Waals surface area contributed by atoms with Crippen LogP contribution in [0.25, 0.3) is 0 Å². The molecule has 4 fully saturated rings. The molecule has 3 unspecified atom stereocenters. The van der Waals surface area contributed by atoms with E-state index in [-0.39, 0.29) is 24.0 Å². The van der Waals surface area contributed by atoms with Crippen molar-refractivity contribution in [1.82, 2.24) is 15.1 Å². The Bertz CT molecular complexity index is 489. The lowest BCUT2D eigenvalue weighted by Gasteiger charge is -2.38. The van der Waals surface area contributed by atoms with Gasteiger partial charge in [-0.15, -0.1) is 24.0 Å². The Hall–Kier alpha value is -0.160. The molecule has 1 spiro atoms. The van der Waals surface area contributed by atoms with Gasteiger partial charge in [0.05, 0.1) is 26.4 Å². The number of hydrogen-bond acceptors (Lipinski definition) is 5. The normalized spacial score (nSPS) is 33.4. The molecule has 0 saturated carbocycles. The van der Waals surface area contributed by atoms with Crippen LogP contribution >= 0.6 is 24.0 Å². The van der Waals surface area contributed by atoms with Crippen molar-refractivity contribution < 1.29 is 14.2 Å². The molecule has 0 aliphatic carbocycles. The van der Waals surface area contributed by atoms with Gasteiger partial charge in [-0.3, -0.25) is 9.89 Å². The molecule has 1 N–H and O–H groups in total. The summed E-state index contributed by atoms with van der Waals surface area (Å²) in [7, 11) is 1.90. The minimum absolute atomic E-state index is 0. The predicted molar refractivity (Wildman–Crippen MR) is 116 cm³/mol. The molecule has 27 heavy (non-hydrogen) atoms. The number of halogens is 1. The molecule has 4 aliphatic heterocycles. The highest BCUT2D eigenvalue weighted by atomic mass is 127. The quantitative estimate of drug-likeness (QED) is 0.358. The van der Waals surface area contributed by atoms with Crippen molar-refractivity contribution in [3.05, 3.63) is 0 Å². The second-order valence-corrected chi connectivity index (χ2v) is 8.24. The van der Waals surface area contributed by atoms with Gasteiger partial charge in [0, 0.05) is 70.4 Å². The summed E-state index contributed by atoms with van der Waals surface area (Å²) in [5.41, 5.74) is 0.362. The zero-order valence-corrected chi connectivity index (χ0v) is 18.9. The van der Waals surface area contributed by atoms with E-state index in [0.29, 0.717) is 17.4 Å². The third kappa shape index (κ3) is 5.07. The molecule has 3 atom stereocenters. The number of rotatable bonds is 4. The van der Waals surface area contributed by atoms with Crippen LogP contribution in [0.1, 0.15) is 19.3 Å². The van der Waals surface area contributed by atoms with Crippen molar-refractivity contribution in [1.29, 1.82) is 0 Å². The van der Waals surface area contributed by atoms with Crippen LogP contribution in [0.15, 0.2) is 4.99 Å². The van der Waals surface area contributed by atoms with Crippen LogP contribution in [0.2, 0.25) is 0 Å². The first-order chi connectivity index (χ1) is 12.8. The Labute approximate surface area is 180 Å². The van der Waals surface area contributed by atoms with Gasteiger partial charge in [-0.2, -0.15) is 0 Å². The van der Waals surface area contributed by atoms with Crippen molar-refractivity contribution in [3.63, 3.8) is 0 Å². The number of guanidine groups is 1. The van der Waals surface area contributed by atoms with Gasteiger partial charge in [-0.25, -0.2) is 0 Å². The fourth-order valence-corrected chi connectivity index (χ4v) is 4.97. The van der Waals surface area contributed by atoms with Crippen LogP contribution in [0, 0.1) is 11.3 Å². The van der Waals surface area contributed by atoms with Crippen LogP contribution in [0.3, 0.4) is 0 Å². The second kappa shape index (κ2) is 10.0. The van der Waals surface area contributed by atoms with Crippen molar-refractivity contribution in [2.45, 2.75) is 25.3 Å². The molecule has 8 heteroatoms. The third-order valence-electron chi connectivity index (χ3n) is 6.63. The Kier molecular flexibility index (Phi) is 8.02. The monoisotopic (exact) mass is 494 g/mol. The van der Waals surface area contributed by atoms with Crippen LogP contribution in [-0.2, 0) is 14.2 Å². The summed E-state index contributed by atoms with van der Waals surface area (Å²) in [4.78, 5) is 9.59. The summed E-state index contributed by atoms with van der Waals surface area (Å²) >= 11 is 0. The highest BCUT2D eigenvalue weighted by molar-refractivity contribution is 14.0. The van der Waals surface area contributed by atoms with Gasteiger partial charge in [0.1, 0.15) is 0 Å². The topological polar surface area (TPSA) is 58.6 Å². The zero-order valence-electron chi connectivity index (χ0n) is 16.5. The molecule has 4 saturated heterocycles. The van der Waals surface area contributed by atoms with Gasteiger partial charge in [0.25, 0.3) is 0 Å². The summed E-state index contributed by atoms with van der Waals surface area (Å²) in [5, 5.41) is 3.69. The maximum absolute atomic E-state index is 5.68. The van der Waals surface area contributed by atoms with Crippen LogP contribution in [0.5, 0.6) is 0 Å². The van der Waals surface area contributed by atoms with E-state index in [4.69, 9.17) is 14.2 Å². The van der Waals surface area contributed by atoms with Gasteiger partial charge >= 0.3 is 0 Å². The van der Waals surface area contributed by atoms with E-state index < -0.39 is 0 Å².